The van der Waals surface area contributed by atoms with Crippen LogP contribution in [-0.2, 0) is 84.2 Å². The van der Waals surface area contributed by atoms with Gasteiger partial charge >= 0.3 is 18.0 Å². The van der Waals surface area contributed by atoms with E-state index in [1.54, 1.807) is 20.1 Å². The Bertz CT molecular complexity index is 2560. The molecule has 25 nitrogen and oxygen atoms in total. The third-order valence-corrected chi connectivity index (χ3v) is 14.5. The molecule has 89 heavy (non-hydrogen) atoms. The van der Waals surface area contributed by atoms with E-state index in [-0.39, 0.29) is 89.0 Å². The van der Waals surface area contributed by atoms with Gasteiger partial charge in [-0.15, -0.1) is 24.7 Å². The molecule has 14 atom stereocenters. The van der Waals surface area contributed by atoms with Gasteiger partial charge in [0, 0.05) is 71.6 Å². The summed E-state index contributed by atoms with van der Waals surface area (Å²) in [6.07, 6.45) is 2.01. The summed E-state index contributed by atoms with van der Waals surface area (Å²) in [5.41, 5.74) is 1.77. The van der Waals surface area contributed by atoms with Crippen molar-refractivity contribution < 1.29 is 102 Å². The number of amides is 3. The molecule has 4 unspecified atom stereocenters. The second-order valence-electron chi connectivity index (χ2n) is 21.3. The molecule has 2 saturated heterocycles. The highest BCUT2D eigenvalue weighted by molar-refractivity contribution is 5.91. The molecule has 4 rings (SSSR count). The number of ether oxygens (including phenoxy) is 9. The normalized spacial score (nSPS) is 22.4. The number of ketones is 2. The molecular formula is C64H90N4O21. The third-order valence-electron chi connectivity index (χ3n) is 14.5. The molecule has 492 valence electrons. The van der Waals surface area contributed by atoms with Crippen LogP contribution in [0, 0.1) is 48.0 Å². The Labute approximate surface area is 521 Å². The number of alkyl carbamates (subject to hydrolysis) is 1. The molecule has 2 aliphatic heterocycles. The number of rotatable bonds is 39. The number of nitrogens with zero attached hydrogens (tertiary/aromatic N) is 1. The van der Waals surface area contributed by atoms with Gasteiger partial charge in [0.1, 0.15) is 73.0 Å². The molecule has 0 spiro atoms. The maximum absolute atomic E-state index is 13.6. The number of benzene rings is 2. The molecule has 0 radical (unpaired) electrons. The highest BCUT2D eigenvalue weighted by atomic mass is 16.7. The number of unbranched alkanes of at least 4 members (excludes halogenated alkanes) is 4. The molecule has 2 heterocycles. The van der Waals surface area contributed by atoms with Crippen molar-refractivity contribution in [3.8, 4) is 30.9 Å². The van der Waals surface area contributed by atoms with Crippen molar-refractivity contribution in [2.75, 3.05) is 53.8 Å². The smallest absolute Gasteiger partial charge is 0.407 e. The van der Waals surface area contributed by atoms with E-state index in [1.807, 2.05) is 60.7 Å². The van der Waals surface area contributed by atoms with Crippen LogP contribution in [0.3, 0.4) is 0 Å². The van der Waals surface area contributed by atoms with Gasteiger partial charge in [0.05, 0.1) is 32.3 Å². The fourth-order valence-electron chi connectivity index (χ4n) is 9.74. The number of nitriles is 1. The van der Waals surface area contributed by atoms with Crippen LogP contribution < -0.4 is 16.0 Å². The van der Waals surface area contributed by atoms with Crippen LogP contribution in [0.5, 0.6) is 0 Å². The molecule has 0 aromatic heterocycles. The molecular weight excluding hydrogens is 1160 g/mol. The number of nitrogens with one attached hydrogen (secondary N) is 3. The van der Waals surface area contributed by atoms with E-state index in [1.165, 1.54) is 14.2 Å². The van der Waals surface area contributed by atoms with E-state index in [0.717, 1.165) is 11.1 Å². The molecule has 25 heteroatoms. The van der Waals surface area contributed by atoms with E-state index in [9.17, 15) is 59.1 Å². The maximum Gasteiger partial charge on any atom is 0.407 e. The summed E-state index contributed by atoms with van der Waals surface area (Å²) >= 11 is 0. The number of hydrogen-bond acceptors (Lipinski definition) is 22. The number of Topliss-reactive ketones (excluding diaryl/α,β-unsaturated/α-hetero) is 2. The number of methoxy groups -OCH3 is 2. The van der Waals surface area contributed by atoms with Crippen molar-refractivity contribution in [3.63, 3.8) is 0 Å². The van der Waals surface area contributed by atoms with Gasteiger partial charge in [-0.2, -0.15) is 5.26 Å². The van der Waals surface area contributed by atoms with Crippen molar-refractivity contribution in [1.82, 2.24) is 16.0 Å². The molecule has 0 saturated carbocycles. The summed E-state index contributed by atoms with van der Waals surface area (Å²) in [6, 6.07) is 16.9. The van der Waals surface area contributed by atoms with Gasteiger partial charge in [-0.3, -0.25) is 24.0 Å². The summed E-state index contributed by atoms with van der Waals surface area (Å²) in [4.78, 5) is 89.9. The summed E-state index contributed by atoms with van der Waals surface area (Å²) in [7, 11) is 2.58. The summed E-state index contributed by atoms with van der Waals surface area (Å²) < 4.78 is 47.2. The Morgan fingerprint density at radius 1 is 0.640 bits per heavy atom. The lowest BCUT2D eigenvalue weighted by atomic mass is 9.84. The largest absolute Gasteiger partial charge is 0.466 e. The fraction of sp³-hybridized carbons (Fsp3) is 0.625. The lowest BCUT2D eigenvalue weighted by Gasteiger charge is -2.43. The first kappa shape index (κ1) is 76.2. The second kappa shape index (κ2) is 43.6. The molecule has 0 aliphatic carbocycles. The number of aliphatic hydroxyl groups excluding tert-OH is 5. The highest BCUT2D eigenvalue weighted by Gasteiger charge is 2.49. The Kier molecular flexibility index (Phi) is 37.3. The SMILES string of the molecule is C#CCCCC(=O)C[C@H](Cc1ccccc1)C(=O)C[C@@H](CCCCNC(=O)O[C@@H]1C(O)[C@@H](OC)OC(CO[C@H]2OC(COC)[C@@H](O)[C@H](O)C2O)[C@H]1O)C(=O)OCC.C#CCCCC(=O)N[C@H](Cc1ccccc1)C(=O)N[C@@H](CCCCOC#N)C(=O)OCC. The average Bonchev–Trinajstić information content (AvgIpc) is 3.19. The zero-order valence-electron chi connectivity index (χ0n) is 51.3. The minimum atomic E-state index is -1.66. The van der Waals surface area contributed by atoms with Crippen molar-refractivity contribution in [3.05, 3.63) is 71.8 Å². The van der Waals surface area contributed by atoms with Gasteiger partial charge in [0.25, 0.3) is 6.26 Å². The minimum absolute atomic E-state index is 0.0395. The number of carbonyl (C=O) groups excluding carboxylic acids is 7. The quantitative estimate of drug-likeness (QED) is 0.0157. The lowest BCUT2D eigenvalue weighted by molar-refractivity contribution is -0.328. The van der Waals surface area contributed by atoms with Crippen molar-refractivity contribution in [2.24, 2.45) is 11.8 Å². The molecule has 3 amide bonds. The summed E-state index contributed by atoms with van der Waals surface area (Å²) in [6.45, 7) is 3.39. The molecule has 0 bridgehead atoms. The van der Waals surface area contributed by atoms with Gasteiger partial charge in [-0.25, -0.2) is 9.59 Å². The van der Waals surface area contributed by atoms with Gasteiger partial charge in [-0.1, -0.05) is 67.1 Å². The lowest BCUT2D eigenvalue weighted by Crippen LogP contribution is -2.62. The first-order valence-corrected chi connectivity index (χ1v) is 30.1. The van der Waals surface area contributed by atoms with Crippen LogP contribution in [-0.4, -0.2) is 194 Å². The molecule has 2 aromatic carbocycles. The zero-order valence-corrected chi connectivity index (χ0v) is 51.3. The molecule has 2 aliphatic rings. The number of terminal acetylenes is 2. The van der Waals surface area contributed by atoms with E-state index in [0.29, 0.717) is 64.2 Å². The van der Waals surface area contributed by atoms with E-state index >= 15 is 0 Å². The van der Waals surface area contributed by atoms with Crippen LogP contribution in [0.2, 0.25) is 0 Å². The first-order valence-electron chi connectivity index (χ1n) is 30.1. The maximum atomic E-state index is 13.6. The Balaban J connectivity index is 0.000000547. The van der Waals surface area contributed by atoms with Gasteiger partial charge < -0.3 is 84.1 Å². The van der Waals surface area contributed by atoms with Gasteiger partial charge in [0.15, 0.2) is 18.7 Å². The number of esters is 2. The highest BCUT2D eigenvalue weighted by Crippen LogP contribution is 2.28. The fourth-order valence-corrected chi connectivity index (χ4v) is 9.74. The zero-order chi connectivity index (χ0) is 65.5. The monoisotopic (exact) mass is 1250 g/mol. The Hall–Kier alpha value is -7.06. The Morgan fingerprint density at radius 3 is 1.87 bits per heavy atom. The summed E-state index contributed by atoms with van der Waals surface area (Å²) in [5, 5.41) is 69.0. The van der Waals surface area contributed by atoms with Crippen LogP contribution in [0.1, 0.15) is 115 Å². The predicted molar refractivity (Wildman–Crippen MR) is 319 cm³/mol. The minimum Gasteiger partial charge on any atom is -0.466 e. The van der Waals surface area contributed by atoms with Crippen molar-refractivity contribution >= 4 is 41.4 Å². The average molecular weight is 1250 g/mol. The van der Waals surface area contributed by atoms with E-state index in [4.69, 9.17) is 56.0 Å². The predicted octanol–water partition coefficient (Wildman–Crippen LogP) is 2.81. The standard InChI is InChI=1S/C40H59NO16.C24H31N3O5/c1-5-7-9-17-27(42)20-26(19-24-14-10-8-11-15-24)28(43)21-25(37(49)53-6-2)16-12-13-18-41-40(50)57-36-32(45)30(55-38(52-4)35(36)48)23-54-39-34(47)33(46)31(44)29(56-39)22-51-3;1-3-5-7-15-22(28)26-21(17-19-12-8-6-9-13-19)23(29)27-20(24(30)32-4-2)14-10-11-16-31-18-25/h1,8,10-11,14-15,25-26,29-36,38-39,44-48H,6-7,9,12-13,16-23H2,2-4H3,(H,41,50);1,6,8-9,12-13,20-21H,4-5,7,10-11,14-17H2,2H3,(H,26,28)(H,27,29)/t25-,26+,29?,30?,31-,32-,33+,34?,35?,36+,38+,39+;20-,21+/m10/s1. The van der Waals surface area contributed by atoms with Crippen LogP contribution in [0.15, 0.2) is 60.7 Å². The molecule has 2 aromatic rings. The topological polar surface area (TPSA) is 364 Å². The molecule has 8 N–H and O–H groups in total. The second-order valence-corrected chi connectivity index (χ2v) is 21.3. The van der Waals surface area contributed by atoms with Gasteiger partial charge in [-0.05, 0) is 76.3 Å². The van der Waals surface area contributed by atoms with Crippen LogP contribution >= 0.6 is 0 Å². The van der Waals surface area contributed by atoms with Gasteiger partial charge in [0.2, 0.25) is 11.8 Å². The number of carbonyl (C=O) groups is 7. The first-order chi connectivity index (χ1) is 42.9. The van der Waals surface area contributed by atoms with Crippen molar-refractivity contribution in [2.45, 2.75) is 190 Å². The number of aliphatic hydroxyl groups is 5. The van der Waals surface area contributed by atoms with E-state index < -0.39 is 116 Å². The van der Waals surface area contributed by atoms with Crippen molar-refractivity contribution in [1.29, 1.82) is 5.26 Å². The van der Waals surface area contributed by atoms with Crippen LogP contribution in [0.4, 0.5) is 4.79 Å². The Morgan fingerprint density at radius 2 is 1.25 bits per heavy atom. The van der Waals surface area contributed by atoms with Crippen LogP contribution in [0.25, 0.3) is 0 Å². The summed E-state index contributed by atoms with van der Waals surface area (Å²) in [5.74, 6) is 1.50. The van der Waals surface area contributed by atoms with E-state index in [2.05, 4.69) is 32.5 Å². The number of hydrogen-bond donors (Lipinski definition) is 8. The molecule has 2 fully saturated rings. The third kappa shape index (κ3) is 28.1.